The second kappa shape index (κ2) is 4.28. The zero-order valence-electron chi connectivity index (χ0n) is 6.10. The van der Waals surface area contributed by atoms with Crippen molar-refractivity contribution >= 4 is 40.5 Å². The Hall–Kier alpha value is -0.300. The van der Waals surface area contributed by atoms with Crippen LogP contribution in [0, 0.1) is 3.57 Å². The van der Waals surface area contributed by atoms with Crippen LogP contribution in [-0.4, -0.2) is 11.3 Å². The van der Waals surface area contributed by atoms with E-state index in [2.05, 4.69) is 4.98 Å². The molecule has 2 nitrogen and oxygen atoms in total. The zero-order chi connectivity index (χ0) is 10.0. The van der Waals surface area contributed by atoms with E-state index in [4.69, 9.17) is 11.6 Å². The van der Waals surface area contributed by atoms with Crippen LogP contribution < -0.4 is 0 Å². The number of rotatable bonds is 2. The minimum Gasteiger partial charge on any atom is -0.298 e. The van der Waals surface area contributed by atoms with Gasteiger partial charge in [-0.15, -0.1) is 0 Å². The van der Waals surface area contributed by atoms with Gasteiger partial charge in [0.05, 0.1) is 3.57 Å². The van der Waals surface area contributed by atoms with E-state index < -0.39 is 6.43 Å². The van der Waals surface area contributed by atoms with Crippen LogP contribution in [0.5, 0.6) is 0 Å². The van der Waals surface area contributed by atoms with E-state index in [1.807, 2.05) is 0 Å². The monoisotopic (exact) mass is 317 g/mol. The quantitative estimate of drug-likeness (QED) is 0.477. The van der Waals surface area contributed by atoms with Crippen LogP contribution in [0.25, 0.3) is 0 Å². The summed E-state index contributed by atoms with van der Waals surface area (Å²) in [7, 11) is 0. The zero-order valence-corrected chi connectivity index (χ0v) is 9.01. The number of aromatic nitrogens is 1. The van der Waals surface area contributed by atoms with E-state index in [1.165, 1.54) is 0 Å². The van der Waals surface area contributed by atoms with Crippen molar-refractivity contribution in [2.24, 2.45) is 0 Å². The minimum absolute atomic E-state index is 0.0621. The second-order valence-corrected chi connectivity index (χ2v) is 3.59. The maximum absolute atomic E-state index is 12.3. The van der Waals surface area contributed by atoms with E-state index in [0.29, 0.717) is 6.29 Å². The number of nitrogens with zero attached hydrogens (tertiary/aromatic N) is 1. The third-order valence-electron chi connectivity index (χ3n) is 1.40. The minimum atomic E-state index is -2.71. The van der Waals surface area contributed by atoms with Crippen molar-refractivity contribution in [1.29, 1.82) is 0 Å². The molecule has 1 rings (SSSR count). The third kappa shape index (κ3) is 2.14. The van der Waals surface area contributed by atoms with Crippen LogP contribution in [0.2, 0.25) is 5.15 Å². The molecule has 0 spiro atoms. The van der Waals surface area contributed by atoms with Gasteiger partial charge in [-0.25, -0.2) is 13.8 Å². The number of hydrogen-bond donors (Lipinski definition) is 0. The molecule has 1 heterocycles. The summed E-state index contributed by atoms with van der Waals surface area (Å²) in [5.74, 6) is 0. The van der Waals surface area contributed by atoms with Crippen molar-refractivity contribution in [2.45, 2.75) is 6.43 Å². The Kier molecular flexibility index (Phi) is 3.55. The van der Waals surface area contributed by atoms with Gasteiger partial charge in [-0.3, -0.25) is 4.79 Å². The van der Waals surface area contributed by atoms with Gasteiger partial charge < -0.3 is 0 Å². The van der Waals surface area contributed by atoms with Crippen molar-refractivity contribution in [2.75, 3.05) is 0 Å². The van der Waals surface area contributed by atoms with Crippen LogP contribution in [0.1, 0.15) is 22.3 Å². The SMILES string of the molecule is O=Cc1c(C(F)F)cnc(Cl)c1I. The Morgan fingerprint density at radius 1 is 1.62 bits per heavy atom. The Bertz CT molecular complexity index is 346. The lowest BCUT2D eigenvalue weighted by Gasteiger charge is -2.05. The normalized spacial score (nSPS) is 10.5. The standard InChI is InChI=1S/C7H3ClF2INO/c8-6-5(11)4(2-13)3(1-12-6)7(9)10/h1-2,7H. The lowest BCUT2D eigenvalue weighted by molar-refractivity contribution is 0.110. The van der Waals surface area contributed by atoms with Crippen LogP contribution in [0.4, 0.5) is 8.78 Å². The van der Waals surface area contributed by atoms with E-state index in [9.17, 15) is 13.6 Å². The fourth-order valence-corrected chi connectivity index (χ4v) is 1.51. The molecular weight excluding hydrogens is 314 g/mol. The number of halogens is 4. The summed E-state index contributed by atoms with van der Waals surface area (Å²) in [6.07, 6.45) is -1.44. The average Bonchev–Trinajstić information content (AvgIpc) is 2.09. The lowest BCUT2D eigenvalue weighted by atomic mass is 10.2. The van der Waals surface area contributed by atoms with Crippen molar-refractivity contribution in [3.8, 4) is 0 Å². The topological polar surface area (TPSA) is 30.0 Å². The molecule has 0 aliphatic carbocycles. The molecule has 13 heavy (non-hydrogen) atoms. The van der Waals surface area contributed by atoms with Crippen LogP contribution in [-0.2, 0) is 0 Å². The highest BCUT2D eigenvalue weighted by Crippen LogP contribution is 2.27. The molecule has 1 aromatic rings. The Labute approximate surface area is 91.4 Å². The van der Waals surface area contributed by atoms with Gasteiger partial charge in [0.15, 0.2) is 6.29 Å². The molecule has 0 amide bonds. The van der Waals surface area contributed by atoms with E-state index in [-0.39, 0.29) is 19.9 Å². The summed E-state index contributed by atoms with van der Waals surface area (Å²) in [5, 5.41) is 0.0621. The molecule has 0 saturated carbocycles. The molecule has 0 aliphatic heterocycles. The lowest BCUT2D eigenvalue weighted by Crippen LogP contribution is -1.99. The van der Waals surface area contributed by atoms with E-state index in [1.54, 1.807) is 22.6 Å². The Balaban J connectivity index is 3.38. The molecule has 0 aliphatic rings. The highest BCUT2D eigenvalue weighted by Gasteiger charge is 2.17. The molecular formula is C7H3ClF2INO. The van der Waals surface area contributed by atoms with Gasteiger partial charge in [0.2, 0.25) is 0 Å². The van der Waals surface area contributed by atoms with Crippen LogP contribution in [0.3, 0.4) is 0 Å². The molecule has 0 bridgehead atoms. The van der Waals surface area contributed by atoms with Crippen molar-refractivity contribution in [3.05, 3.63) is 26.0 Å². The number of carbonyl (C=O) groups excluding carboxylic acids is 1. The fourth-order valence-electron chi connectivity index (χ4n) is 0.784. The molecule has 1 aromatic heterocycles. The number of carbonyl (C=O) groups is 1. The molecule has 0 atom stereocenters. The maximum atomic E-state index is 12.3. The van der Waals surface area contributed by atoms with Gasteiger partial charge in [0.25, 0.3) is 6.43 Å². The maximum Gasteiger partial charge on any atom is 0.266 e. The molecule has 0 saturated heterocycles. The number of pyridine rings is 1. The largest absolute Gasteiger partial charge is 0.298 e. The molecule has 70 valence electrons. The van der Waals surface area contributed by atoms with Gasteiger partial charge in [-0.2, -0.15) is 0 Å². The highest BCUT2D eigenvalue weighted by molar-refractivity contribution is 14.1. The molecule has 0 radical (unpaired) electrons. The van der Waals surface area contributed by atoms with Gasteiger partial charge >= 0.3 is 0 Å². The molecule has 0 aromatic carbocycles. The van der Waals surface area contributed by atoms with E-state index in [0.717, 1.165) is 6.20 Å². The Morgan fingerprint density at radius 2 is 2.23 bits per heavy atom. The first-order chi connectivity index (χ1) is 6.07. The van der Waals surface area contributed by atoms with Crippen LogP contribution in [0.15, 0.2) is 6.20 Å². The number of aldehydes is 1. The third-order valence-corrected chi connectivity index (χ3v) is 3.10. The van der Waals surface area contributed by atoms with Gasteiger partial charge in [0.1, 0.15) is 5.15 Å². The highest BCUT2D eigenvalue weighted by atomic mass is 127. The molecule has 0 N–H and O–H groups in total. The first kappa shape index (κ1) is 10.8. The Morgan fingerprint density at radius 3 is 2.69 bits per heavy atom. The molecule has 6 heteroatoms. The second-order valence-electron chi connectivity index (χ2n) is 2.15. The van der Waals surface area contributed by atoms with Gasteiger partial charge in [-0.1, -0.05) is 11.6 Å². The molecule has 0 fully saturated rings. The van der Waals surface area contributed by atoms with Crippen molar-refractivity contribution in [3.63, 3.8) is 0 Å². The van der Waals surface area contributed by atoms with Gasteiger partial charge in [-0.05, 0) is 22.6 Å². The predicted octanol–water partition coefficient (Wildman–Crippen LogP) is 3.09. The summed E-state index contributed by atoms with van der Waals surface area (Å²) in [5.41, 5.74) is -0.473. The van der Waals surface area contributed by atoms with Gasteiger partial charge in [0, 0.05) is 17.3 Å². The number of alkyl halides is 2. The fraction of sp³-hybridized carbons (Fsp3) is 0.143. The summed E-state index contributed by atoms with van der Waals surface area (Å²) in [4.78, 5) is 14.0. The predicted molar refractivity (Wildman–Crippen MR) is 52.3 cm³/mol. The summed E-state index contributed by atoms with van der Waals surface area (Å²) in [6, 6.07) is 0. The summed E-state index contributed by atoms with van der Waals surface area (Å²) in [6.45, 7) is 0. The number of hydrogen-bond acceptors (Lipinski definition) is 2. The average molecular weight is 317 g/mol. The summed E-state index contributed by atoms with van der Waals surface area (Å²) < 4.78 is 24.8. The first-order valence-corrected chi connectivity index (χ1v) is 4.60. The summed E-state index contributed by atoms with van der Waals surface area (Å²) >= 11 is 7.25. The van der Waals surface area contributed by atoms with Crippen molar-refractivity contribution < 1.29 is 13.6 Å². The first-order valence-electron chi connectivity index (χ1n) is 3.15. The van der Waals surface area contributed by atoms with Crippen molar-refractivity contribution in [1.82, 2.24) is 4.98 Å². The van der Waals surface area contributed by atoms with Crippen LogP contribution >= 0.6 is 34.2 Å². The van der Waals surface area contributed by atoms with E-state index >= 15 is 0 Å². The molecule has 0 unspecified atom stereocenters. The smallest absolute Gasteiger partial charge is 0.266 e.